The molecule has 6 nitrogen and oxygen atoms in total. The van der Waals surface area contributed by atoms with E-state index in [1.807, 2.05) is 67.3 Å². The second-order valence-corrected chi connectivity index (χ2v) is 6.94. The molecule has 1 aliphatic heterocycles. The van der Waals surface area contributed by atoms with E-state index >= 15 is 0 Å². The molecule has 2 N–H and O–H groups in total. The van der Waals surface area contributed by atoms with Crippen LogP contribution in [0.1, 0.15) is 13.8 Å². The van der Waals surface area contributed by atoms with Crippen molar-refractivity contribution < 1.29 is 14.3 Å². The van der Waals surface area contributed by atoms with Crippen molar-refractivity contribution in [1.29, 1.82) is 0 Å². The molecule has 27 heavy (non-hydrogen) atoms. The van der Waals surface area contributed by atoms with Gasteiger partial charge in [-0.1, -0.05) is 38.1 Å². The van der Waals surface area contributed by atoms with Gasteiger partial charge in [-0.2, -0.15) is 0 Å². The molecule has 6 heteroatoms. The highest BCUT2D eigenvalue weighted by atomic mass is 16.5. The number of benzene rings is 2. The van der Waals surface area contributed by atoms with Gasteiger partial charge in [0.15, 0.2) is 0 Å². The first-order valence-corrected chi connectivity index (χ1v) is 9.17. The molecule has 2 aromatic carbocycles. The predicted octanol–water partition coefficient (Wildman–Crippen LogP) is 2.87. The van der Waals surface area contributed by atoms with Crippen LogP contribution < -0.4 is 15.4 Å². The molecule has 0 spiro atoms. The van der Waals surface area contributed by atoms with Gasteiger partial charge in [0.1, 0.15) is 11.5 Å². The number of hydrogen-bond acceptors (Lipinski definition) is 4. The maximum absolute atomic E-state index is 12.5. The SMILES string of the molecule is CC(C)C1C(=O)NCCN1CC(=O)Nc1cccc(Oc2ccccc2)c1. The van der Waals surface area contributed by atoms with Crippen LogP contribution in [0.3, 0.4) is 0 Å². The van der Waals surface area contributed by atoms with Crippen molar-refractivity contribution in [3.63, 3.8) is 0 Å². The van der Waals surface area contributed by atoms with Crippen molar-refractivity contribution in [2.75, 3.05) is 25.0 Å². The van der Waals surface area contributed by atoms with Crippen LogP contribution in [-0.2, 0) is 9.59 Å². The normalized spacial score (nSPS) is 17.4. The summed E-state index contributed by atoms with van der Waals surface area (Å²) in [6, 6.07) is 16.5. The van der Waals surface area contributed by atoms with E-state index in [0.29, 0.717) is 24.5 Å². The molecule has 142 valence electrons. The first-order chi connectivity index (χ1) is 13.0. The second-order valence-electron chi connectivity index (χ2n) is 6.94. The van der Waals surface area contributed by atoms with Crippen molar-refractivity contribution >= 4 is 17.5 Å². The average molecular weight is 367 g/mol. The number of nitrogens with one attached hydrogen (secondary N) is 2. The van der Waals surface area contributed by atoms with Crippen LogP contribution in [-0.4, -0.2) is 42.4 Å². The summed E-state index contributed by atoms with van der Waals surface area (Å²) in [6.45, 7) is 5.39. The molecule has 1 unspecified atom stereocenters. The molecule has 2 aromatic rings. The Morgan fingerprint density at radius 3 is 2.67 bits per heavy atom. The molecular weight excluding hydrogens is 342 g/mol. The Balaban J connectivity index is 1.62. The topological polar surface area (TPSA) is 70.7 Å². The zero-order chi connectivity index (χ0) is 19.2. The van der Waals surface area contributed by atoms with Gasteiger partial charge in [-0.15, -0.1) is 0 Å². The van der Waals surface area contributed by atoms with Crippen LogP contribution in [0.15, 0.2) is 54.6 Å². The van der Waals surface area contributed by atoms with E-state index in [1.54, 1.807) is 6.07 Å². The van der Waals surface area contributed by atoms with Gasteiger partial charge in [0.25, 0.3) is 0 Å². The van der Waals surface area contributed by atoms with Crippen LogP contribution in [0.2, 0.25) is 0 Å². The van der Waals surface area contributed by atoms with Crippen molar-refractivity contribution in [1.82, 2.24) is 10.2 Å². The standard InChI is InChI=1S/C21H25N3O3/c1-15(2)20-21(26)22-11-12-24(20)14-19(25)23-16-7-6-10-18(13-16)27-17-8-4-3-5-9-17/h3-10,13,15,20H,11-12,14H2,1-2H3,(H,22,26)(H,23,25). The quantitative estimate of drug-likeness (QED) is 0.824. The van der Waals surface area contributed by atoms with Gasteiger partial charge < -0.3 is 15.4 Å². The first kappa shape index (κ1) is 18.9. The first-order valence-electron chi connectivity index (χ1n) is 9.17. The van der Waals surface area contributed by atoms with E-state index in [4.69, 9.17) is 4.74 Å². The van der Waals surface area contributed by atoms with Gasteiger partial charge >= 0.3 is 0 Å². The molecule has 1 aliphatic rings. The highest BCUT2D eigenvalue weighted by Crippen LogP contribution is 2.24. The Labute approximate surface area is 159 Å². The number of nitrogens with zero attached hydrogens (tertiary/aromatic N) is 1. The zero-order valence-corrected chi connectivity index (χ0v) is 15.6. The summed E-state index contributed by atoms with van der Waals surface area (Å²) in [5, 5.41) is 5.77. The lowest BCUT2D eigenvalue weighted by Gasteiger charge is -2.36. The second kappa shape index (κ2) is 8.68. The van der Waals surface area contributed by atoms with Gasteiger partial charge in [0.05, 0.1) is 12.6 Å². The minimum absolute atomic E-state index is 0.0118. The van der Waals surface area contributed by atoms with Crippen molar-refractivity contribution in [3.8, 4) is 11.5 Å². The van der Waals surface area contributed by atoms with Gasteiger partial charge in [-0.25, -0.2) is 0 Å². The Bertz CT molecular complexity index is 792. The molecule has 0 aromatic heterocycles. The number of piperazine rings is 1. The fraction of sp³-hybridized carbons (Fsp3) is 0.333. The highest BCUT2D eigenvalue weighted by Gasteiger charge is 2.33. The molecule has 0 aliphatic carbocycles. The van der Waals surface area contributed by atoms with Gasteiger partial charge in [0, 0.05) is 24.8 Å². The number of hydrogen-bond donors (Lipinski definition) is 2. The Morgan fingerprint density at radius 1 is 1.19 bits per heavy atom. The summed E-state index contributed by atoms with van der Waals surface area (Å²) in [7, 11) is 0. The lowest BCUT2D eigenvalue weighted by atomic mass is 10.00. The van der Waals surface area contributed by atoms with Crippen LogP contribution in [0, 0.1) is 5.92 Å². The Hall–Kier alpha value is -2.86. The van der Waals surface area contributed by atoms with Crippen LogP contribution >= 0.6 is 0 Å². The number of carbonyl (C=O) groups is 2. The number of carbonyl (C=O) groups excluding carboxylic acids is 2. The molecule has 2 amide bonds. The maximum Gasteiger partial charge on any atom is 0.238 e. The summed E-state index contributed by atoms with van der Waals surface area (Å²) < 4.78 is 5.80. The third-order valence-electron chi connectivity index (χ3n) is 4.44. The van der Waals surface area contributed by atoms with E-state index in [0.717, 1.165) is 5.75 Å². The van der Waals surface area contributed by atoms with Crippen LogP contribution in [0.4, 0.5) is 5.69 Å². The van der Waals surface area contributed by atoms with Crippen LogP contribution in [0.25, 0.3) is 0 Å². The van der Waals surface area contributed by atoms with Gasteiger partial charge in [-0.05, 0) is 30.2 Å². The molecular formula is C21H25N3O3. The van der Waals surface area contributed by atoms with E-state index < -0.39 is 0 Å². The lowest BCUT2D eigenvalue weighted by Crippen LogP contribution is -2.58. The van der Waals surface area contributed by atoms with E-state index in [-0.39, 0.29) is 30.3 Å². The molecule has 3 rings (SSSR count). The monoisotopic (exact) mass is 367 g/mol. The minimum Gasteiger partial charge on any atom is -0.457 e. The largest absolute Gasteiger partial charge is 0.457 e. The van der Waals surface area contributed by atoms with Gasteiger partial charge in [-0.3, -0.25) is 14.5 Å². The van der Waals surface area contributed by atoms with E-state index in [1.165, 1.54) is 0 Å². The fourth-order valence-electron chi connectivity index (χ4n) is 3.28. The van der Waals surface area contributed by atoms with E-state index in [2.05, 4.69) is 10.6 Å². The maximum atomic E-state index is 12.5. The minimum atomic E-state index is -0.280. The summed E-state index contributed by atoms with van der Waals surface area (Å²) >= 11 is 0. The van der Waals surface area contributed by atoms with Crippen molar-refractivity contribution in [3.05, 3.63) is 54.6 Å². The van der Waals surface area contributed by atoms with Crippen LogP contribution in [0.5, 0.6) is 11.5 Å². The number of amides is 2. The van der Waals surface area contributed by atoms with Gasteiger partial charge in [0.2, 0.25) is 11.8 Å². The Morgan fingerprint density at radius 2 is 1.93 bits per heavy atom. The molecule has 1 atom stereocenters. The average Bonchev–Trinajstić information content (AvgIpc) is 2.62. The summed E-state index contributed by atoms with van der Waals surface area (Å²) in [4.78, 5) is 26.5. The zero-order valence-electron chi connectivity index (χ0n) is 15.6. The van der Waals surface area contributed by atoms with Crippen molar-refractivity contribution in [2.24, 2.45) is 5.92 Å². The third-order valence-corrected chi connectivity index (χ3v) is 4.44. The lowest BCUT2D eigenvalue weighted by molar-refractivity contribution is -0.132. The molecule has 0 bridgehead atoms. The number of ether oxygens (including phenoxy) is 1. The smallest absolute Gasteiger partial charge is 0.238 e. The molecule has 1 saturated heterocycles. The Kier molecular flexibility index (Phi) is 6.08. The molecule has 1 heterocycles. The summed E-state index contributed by atoms with van der Waals surface area (Å²) in [5.74, 6) is 1.37. The highest BCUT2D eigenvalue weighted by molar-refractivity contribution is 5.93. The molecule has 1 fully saturated rings. The number of rotatable bonds is 6. The predicted molar refractivity (Wildman–Crippen MR) is 105 cm³/mol. The summed E-state index contributed by atoms with van der Waals surface area (Å²) in [6.07, 6.45) is 0. The number of para-hydroxylation sites is 1. The van der Waals surface area contributed by atoms with E-state index in [9.17, 15) is 9.59 Å². The molecule has 0 radical (unpaired) electrons. The third kappa shape index (κ3) is 5.08. The summed E-state index contributed by atoms with van der Waals surface area (Å²) in [5.41, 5.74) is 0.663. The number of anilines is 1. The molecule has 0 saturated carbocycles. The fourth-order valence-corrected chi connectivity index (χ4v) is 3.28. The van der Waals surface area contributed by atoms with Crippen molar-refractivity contribution in [2.45, 2.75) is 19.9 Å².